The minimum Gasteiger partial charge on any atom is -0.206 e. The topological polar surface area (TPSA) is 0 Å². The molecule has 0 nitrogen and oxygen atoms in total. The first kappa shape index (κ1) is 19.5. The van der Waals surface area contributed by atoms with Gasteiger partial charge in [0, 0.05) is 16.7 Å². The maximum atomic E-state index is 14.4. The van der Waals surface area contributed by atoms with Crippen molar-refractivity contribution in [2.75, 3.05) is 0 Å². The van der Waals surface area contributed by atoms with Crippen molar-refractivity contribution in [3.05, 3.63) is 106 Å². The van der Waals surface area contributed by atoms with E-state index in [4.69, 9.17) is 0 Å². The molecule has 0 aliphatic rings. The van der Waals surface area contributed by atoms with Crippen molar-refractivity contribution in [2.24, 2.45) is 0 Å². The number of aryl methyl sites for hydroxylation is 1. The van der Waals surface area contributed by atoms with Crippen molar-refractivity contribution in [1.82, 2.24) is 0 Å². The van der Waals surface area contributed by atoms with Gasteiger partial charge in [0.1, 0.15) is 5.82 Å². The monoisotopic (exact) mass is 366 g/mol. The van der Waals surface area contributed by atoms with Crippen LogP contribution in [0.25, 0.3) is 0 Å². The molecule has 1 heteroatoms. The lowest BCUT2D eigenvalue weighted by Crippen LogP contribution is -2.10. The van der Waals surface area contributed by atoms with E-state index in [2.05, 4.69) is 56.6 Å². The Morgan fingerprint density at radius 1 is 0.643 bits per heavy atom. The molecule has 138 valence electrons. The zero-order valence-corrected chi connectivity index (χ0v) is 16.7. The average molecular weight is 366 g/mol. The predicted octanol–water partition coefficient (Wildman–Crippen LogP) is 6.23. The van der Waals surface area contributed by atoms with Crippen LogP contribution < -0.4 is 0 Å². The van der Waals surface area contributed by atoms with Crippen LogP contribution in [0.4, 0.5) is 4.39 Å². The lowest BCUT2D eigenvalue weighted by atomic mass is 9.87. The van der Waals surface area contributed by atoms with E-state index in [1.54, 1.807) is 12.1 Å². The van der Waals surface area contributed by atoms with Crippen LogP contribution in [0.15, 0.2) is 66.7 Å². The Morgan fingerprint density at radius 2 is 1.14 bits per heavy atom. The van der Waals surface area contributed by atoms with Gasteiger partial charge in [-0.1, -0.05) is 74.3 Å². The number of rotatable bonds is 0. The van der Waals surface area contributed by atoms with Crippen molar-refractivity contribution in [3.8, 4) is 23.7 Å². The Bertz CT molecular complexity index is 1090. The van der Waals surface area contributed by atoms with Gasteiger partial charge in [0.05, 0.1) is 5.56 Å². The molecule has 3 aromatic carbocycles. The summed E-state index contributed by atoms with van der Waals surface area (Å²) in [6, 6.07) is 21.0. The van der Waals surface area contributed by atoms with E-state index in [1.807, 2.05) is 43.3 Å². The highest BCUT2D eigenvalue weighted by Gasteiger charge is 2.12. The predicted molar refractivity (Wildman–Crippen MR) is 115 cm³/mol. The molecule has 3 aromatic rings. The highest BCUT2D eigenvalue weighted by molar-refractivity contribution is 5.49. The third-order valence-electron chi connectivity index (χ3n) is 4.46. The number of benzene rings is 3. The van der Waals surface area contributed by atoms with Crippen molar-refractivity contribution in [2.45, 2.75) is 33.1 Å². The molecule has 0 aliphatic heterocycles. The van der Waals surface area contributed by atoms with Crippen LogP contribution in [0.3, 0.4) is 0 Å². The van der Waals surface area contributed by atoms with Crippen molar-refractivity contribution in [1.29, 1.82) is 0 Å². The van der Waals surface area contributed by atoms with Gasteiger partial charge in [-0.3, -0.25) is 0 Å². The Hall–Kier alpha value is -3.29. The molecular formula is C27H23F. The van der Waals surface area contributed by atoms with E-state index < -0.39 is 0 Å². The first-order chi connectivity index (χ1) is 13.3. The number of hydrogen-bond donors (Lipinski definition) is 0. The minimum absolute atomic E-state index is 0.105. The van der Waals surface area contributed by atoms with Crippen LogP contribution >= 0.6 is 0 Å². The van der Waals surface area contributed by atoms with E-state index in [0.29, 0.717) is 11.1 Å². The lowest BCUT2D eigenvalue weighted by molar-refractivity contribution is 0.590. The van der Waals surface area contributed by atoms with Gasteiger partial charge >= 0.3 is 0 Å². The van der Waals surface area contributed by atoms with E-state index in [9.17, 15) is 4.39 Å². The van der Waals surface area contributed by atoms with Gasteiger partial charge < -0.3 is 0 Å². The molecule has 0 bridgehead atoms. The summed E-state index contributed by atoms with van der Waals surface area (Å²) in [7, 11) is 0. The van der Waals surface area contributed by atoms with E-state index in [1.165, 1.54) is 17.2 Å². The first-order valence-electron chi connectivity index (χ1n) is 9.32. The Labute approximate surface area is 167 Å². The minimum atomic E-state index is -0.352. The Kier molecular flexibility index (Phi) is 5.67. The van der Waals surface area contributed by atoms with Crippen molar-refractivity contribution >= 4 is 0 Å². The molecule has 0 N–H and O–H groups in total. The van der Waals surface area contributed by atoms with Crippen LogP contribution in [0.2, 0.25) is 0 Å². The van der Waals surface area contributed by atoms with Crippen LogP contribution in [-0.4, -0.2) is 0 Å². The SMILES string of the molecule is Cc1ccc(C#Cc2ccc(C#Cc3ccc(C(C)(C)C)cc3)c(F)c2)cc1. The summed E-state index contributed by atoms with van der Waals surface area (Å²) in [6.45, 7) is 8.55. The van der Waals surface area contributed by atoms with Gasteiger partial charge in [0.2, 0.25) is 0 Å². The van der Waals surface area contributed by atoms with Gasteiger partial charge in [-0.05, 0) is 60.4 Å². The normalized spacial score (nSPS) is 10.5. The van der Waals surface area contributed by atoms with Gasteiger partial charge in [-0.25, -0.2) is 4.39 Å². The molecule has 0 atom stereocenters. The van der Waals surface area contributed by atoms with Crippen LogP contribution in [-0.2, 0) is 5.41 Å². The second-order valence-corrected chi connectivity index (χ2v) is 7.89. The second kappa shape index (κ2) is 8.16. The van der Waals surface area contributed by atoms with Crippen LogP contribution in [0.5, 0.6) is 0 Å². The summed E-state index contributed by atoms with van der Waals surface area (Å²) in [5.41, 5.74) is 5.34. The van der Waals surface area contributed by atoms with Gasteiger partial charge in [0.15, 0.2) is 0 Å². The second-order valence-electron chi connectivity index (χ2n) is 7.89. The summed E-state index contributed by atoms with van der Waals surface area (Å²) >= 11 is 0. The maximum absolute atomic E-state index is 14.4. The molecular weight excluding hydrogens is 343 g/mol. The third-order valence-corrected chi connectivity index (χ3v) is 4.46. The average Bonchev–Trinajstić information content (AvgIpc) is 2.66. The van der Waals surface area contributed by atoms with Gasteiger partial charge in [-0.15, -0.1) is 0 Å². The molecule has 0 aliphatic carbocycles. The molecule has 0 unspecified atom stereocenters. The Balaban J connectivity index is 1.77. The summed E-state index contributed by atoms with van der Waals surface area (Å²) in [5.74, 6) is 11.7. The largest absolute Gasteiger partial charge is 0.206 e. The van der Waals surface area contributed by atoms with Crippen molar-refractivity contribution in [3.63, 3.8) is 0 Å². The van der Waals surface area contributed by atoms with Gasteiger partial charge in [0.25, 0.3) is 0 Å². The molecule has 0 aromatic heterocycles. The Morgan fingerprint density at radius 3 is 1.71 bits per heavy atom. The molecule has 0 radical (unpaired) electrons. The fraction of sp³-hybridized carbons (Fsp3) is 0.185. The molecule has 0 saturated heterocycles. The summed E-state index contributed by atoms with van der Waals surface area (Å²) in [6.07, 6.45) is 0. The first-order valence-corrected chi connectivity index (χ1v) is 9.32. The van der Waals surface area contributed by atoms with Crippen molar-refractivity contribution < 1.29 is 4.39 Å². The summed E-state index contributed by atoms with van der Waals surface area (Å²) in [4.78, 5) is 0. The standard InChI is InChI=1S/C27H23F/c1-20-5-7-21(8-6-20)9-10-23-12-16-24(26(28)19-23)15-11-22-13-17-25(18-14-22)27(2,3)4/h5-8,12-14,16-19H,1-4H3. The fourth-order valence-corrected chi connectivity index (χ4v) is 2.67. The molecule has 0 heterocycles. The maximum Gasteiger partial charge on any atom is 0.140 e. The zero-order valence-electron chi connectivity index (χ0n) is 16.7. The molecule has 3 rings (SSSR count). The smallest absolute Gasteiger partial charge is 0.140 e. The van der Waals surface area contributed by atoms with Crippen LogP contribution in [0, 0.1) is 36.4 Å². The highest BCUT2D eigenvalue weighted by Crippen LogP contribution is 2.22. The third kappa shape index (κ3) is 5.12. The van der Waals surface area contributed by atoms with E-state index in [-0.39, 0.29) is 11.2 Å². The molecule has 0 spiro atoms. The molecule has 0 fully saturated rings. The van der Waals surface area contributed by atoms with Crippen LogP contribution in [0.1, 0.15) is 54.2 Å². The molecule has 0 amide bonds. The summed E-state index contributed by atoms with van der Waals surface area (Å²) < 4.78 is 14.4. The molecule has 0 saturated carbocycles. The highest BCUT2D eigenvalue weighted by atomic mass is 19.1. The van der Waals surface area contributed by atoms with Gasteiger partial charge in [-0.2, -0.15) is 0 Å². The number of hydrogen-bond acceptors (Lipinski definition) is 0. The lowest BCUT2D eigenvalue weighted by Gasteiger charge is -2.18. The summed E-state index contributed by atoms with van der Waals surface area (Å²) in [5, 5.41) is 0. The number of halogens is 1. The van der Waals surface area contributed by atoms with E-state index in [0.717, 1.165) is 11.1 Å². The zero-order chi connectivity index (χ0) is 20.1. The fourth-order valence-electron chi connectivity index (χ4n) is 2.67. The molecule has 28 heavy (non-hydrogen) atoms. The van der Waals surface area contributed by atoms with E-state index >= 15 is 0 Å². The quantitative estimate of drug-likeness (QED) is 0.414.